The molecule has 0 aliphatic heterocycles. The topological polar surface area (TPSA) is 55.4 Å². The minimum atomic E-state index is -0.248. The Bertz CT molecular complexity index is 234. The van der Waals surface area contributed by atoms with E-state index in [1.54, 1.807) is 6.92 Å². The molecule has 4 nitrogen and oxygen atoms in total. The van der Waals surface area contributed by atoms with E-state index < -0.39 is 0 Å². The van der Waals surface area contributed by atoms with Crippen molar-refractivity contribution in [2.45, 2.75) is 64.7 Å². The molecular formula is C15H29NO3S. The highest BCUT2D eigenvalue weighted by molar-refractivity contribution is 7.96. The first-order valence-corrected chi connectivity index (χ1v) is 8.11. The van der Waals surface area contributed by atoms with E-state index in [0.717, 1.165) is 58.3 Å². The van der Waals surface area contributed by atoms with E-state index in [0.29, 0.717) is 6.42 Å². The number of carbonyl (C=O) groups is 2. The summed E-state index contributed by atoms with van der Waals surface area (Å²) >= 11 is 3.64. The standard InChI is InChI=1S/C15H29NO3S/c1-14(17)10-6-5-9-13-19-12-8-4-2-3-7-11-16-15(18)20/h2-13H2,1H3,(H2,16,18,20). The van der Waals surface area contributed by atoms with E-state index >= 15 is 0 Å². The Labute approximate surface area is 128 Å². The summed E-state index contributed by atoms with van der Waals surface area (Å²) in [6.45, 7) is 4.01. The van der Waals surface area contributed by atoms with Crippen molar-refractivity contribution in [2.24, 2.45) is 0 Å². The van der Waals surface area contributed by atoms with E-state index in [1.807, 2.05) is 0 Å². The molecule has 0 rings (SSSR count). The molecule has 0 saturated carbocycles. The smallest absolute Gasteiger partial charge is 0.275 e. The number of hydrogen-bond donors (Lipinski definition) is 2. The molecule has 1 amide bonds. The summed E-state index contributed by atoms with van der Waals surface area (Å²) in [4.78, 5) is 21.2. The Morgan fingerprint density at radius 1 is 0.900 bits per heavy atom. The molecule has 0 radical (unpaired) electrons. The number of nitrogens with one attached hydrogen (secondary N) is 1. The lowest BCUT2D eigenvalue weighted by Gasteiger charge is -2.04. The van der Waals surface area contributed by atoms with Gasteiger partial charge in [-0.15, -0.1) is 0 Å². The molecule has 0 bridgehead atoms. The lowest BCUT2D eigenvalue weighted by Crippen LogP contribution is -2.17. The van der Waals surface area contributed by atoms with Crippen LogP contribution in [0, 0.1) is 0 Å². The maximum absolute atomic E-state index is 10.7. The first-order valence-electron chi connectivity index (χ1n) is 7.67. The number of ketones is 1. The molecule has 0 aromatic rings. The second kappa shape index (κ2) is 14.9. The van der Waals surface area contributed by atoms with Crippen LogP contribution in [0.25, 0.3) is 0 Å². The van der Waals surface area contributed by atoms with Crippen molar-refractivity contribution in [2.75, 3.05) is 19.8 Å². The highest BCUT2D eigenvalue weighted by atomic mass is 32.1. The number of carbonyl (C=O) groups excluding carboxylic acids is 2. The van der Waals surface area contributed by atoms with Gasteiger partial charge >= 0.3 is 0 Å². The average molecular weight is 303 g/mol. The van der Waals surface area contributed by atoms with Crippen LogP contribution in [0.4, 0.5) is 4.79 Å². The second-order valence-corrected chi connectivity index (χ2v) is 5.53. The molecular weight excluding hydrogens is 274 g/mol. The van der Waals surface area contributed by atoms with E-state index in [1.165, 1.54) is 12.8 Å². The number of amides is 1. The van der Waals surface area contributed by atoms with Gasteiger partial charge in [0.25, 0.3) is 5.24 Å². The molecule has 118 valence electrons. The van der Waals surface area contributed by atoms with E-state index in [2.05, 4.69) is 17.9 Å². The van der Waals surface area contributed by atoms with Crippen LogP contribution >= 0.6 is 12.6 Å². The number of ether oxygens (including phenoxy) is 1. The van der Waals surface area contributed by atoms with Crippen molar-refractivity contribution in [3.05, 3.63) is 0 Å². The van der Waals surface area contributed by atoms with Crippen molar-refractivity contribution in [1.29, 1.82) is 0 Å². The van der Waals surface area contributed by atoms with E-state index in [9.17, 15) is 9.59 Å². The van der Waals surface area contributed by atoms with E-state index in [-0.39, 0.29) is 11.0 Å². The number of Topliss-reactive ketones (excluding diaryl/α,β-unsaturated/α-hetero) is 1. The minimum absolute atomic E-state index is 0.248. The Morgan fingerprint density at radius 3 is 2.05 bits per heavy atom. The largest absolute Gasteiger partial charge is 0.381 e. The first-order chi connectivity index (χ1) is 9.63. The fraction of sp³-hybridized carbons (Fsp3) is 0.867. The first kappa shape index (κ1) is 19.4. The van der Waals surface area contributed by atoms with Crippen LogP contribution in [0.1, 0.15) is 64.7 Å². The molecule has 0 aromatic carbocycles. The van der Waals surface area contributed by atoms with Crippen molar-refractivity contribution in [3.63, 3.8) is 0 Å². The molecule has 20 heavy (non-hydrogen) atoms. The third kappa shape index (κ3) is 17.4. The van der Waals surface area contributed by atoms with Crippen LogP contribution < -0.4 is 5.32 Å². The number of thiol groups is 1. The maximum Gasteiger partial charge on any atom is 0.275 e. The lowest BCUT2D eigenvalue weighted by molar-refractivity contribution is -0.117. The van der Waals surface area contributed by atoms with Crippen molar-refractivity contribution >= 4 is 23.7 Å². The zero-order chi connectivity index (χ0) is 15.1. The molecule has 0 aromatic heterocycles. The Kier molecular flexibility index (Phi) is 14.4. The minimum Gasteiger partial charge on any atom is -0.381 e. The summed E-state index contributed by atoms with van der Waals surface area (Å²) in [5.41, 5.74) is 0. The van der Waals surface area contributed by atoms with Gasteiger partial charge in [-0.3, -0.25) is 4.79 Å². The fourth-order valence-electron chi connectivity index (χ4n) is 1.91. The van der Waals surface area contributed by atoms with Gasteiger partial charge in [-0.25, -0.2) is 0 Å². The molecule has 0 heterocycles. The molecule has 0 saturated heterocycles. The second-order valence-electron chi connectivity index (χ2n) is 5.12. The SMILES string of the molecule is CC(=O)CCCCCOCCCCCCCNC(=O)S. The summed E-state index contributed by atoms with van der Waals surface area (Å²) in [6.07, 6.45) is 9.45. The van der Waals surface area contributed by atoms with Gasteiger partial charge in [0, 0.05) is 26.2 Å². The van der Waals surface area contributed by atoms with Gasteiger partial charge in [0.15, 0.2) is 0 Å². The summed E-state index contributed by atoms with van der Waals surface area (Å²) < 4.78 is 5.55. The van der Waals surface area contributed by atoms with Gasteiger partial charge in [-0.1, -0.05) is 38.3 Å². The van der Waals surface area contributed by atoms with Crippen molar-refractivity contribution in [1.82, 2.24) is 5.32 Å². The van der Waals surface area contributed by atoms with Crippen LogP contribution in [0.3, 0.4) is 0 Å². The maximum atomic E-state index is 10.7. The summed E-state index contributed by atoms with van der Waals surface area (Å²) in [5, 5.41) is 2.42. The normalized spacial score (nSPS) is 10.5. The zero-order valence-corrected chi connectivity index (χ0v) is 13.6. The van der Waals surface area contributed by atoms with Crippen LogP contribution in [0.2, 0.25) is 0 Å². The van der Waals surface area contributed by atoms with E-state index in [4.69, 9.17) is 4.74 Å². The molecule has 1 N–H and O–H groups in total. The Morgan fingerprint density at radius 2 is 1.45 bits per heavy atom. The third-order valence-electron chi connectivity index (χ3n) is 3.06. The molecule has 0 unspecified atom stereocenters. The van der Waals surface area contributed by atoms with Crippen LogP contribution in [-0.4, -0.2) is 30.8 Å². The number of rotatable bonds is 14. The molecule has 0 fully saturated rings. The quantitative estimate of drug-likeness (QED) is 0.379. The molecule has 0 spiro atoms. The van der Waals surface area contributed by atoms with Crippen LogP contribution in [0.15, 0.2) is 0 Å². The van der Waals surface area contributed by atoms with Gasteiger partial charge < -0.3 is 14.8 Å². The van der Waals surface area contributed by atoms with Gasteiger partial charge in [-0.05, 0) is 32.6 Å². The van der Waals surface area contributed by atoms with Crippen molar-refractivity contribution < 1.29 is 14.3 Å². The summed E-state index contributed by atoms with van der Waals surface area (Å²) in [7, 11) is 0. The van der Waals surface area contributed by atoms with Gasteiger partial charge in [-0.2, -0.15) is 0 Å². The van der Waals surface area contributed by atoms with Crippen LogP contribution in [0.5, 0.6) is 0 Å². The predicted octanol–water partition coefficient (Wildman–Crippen LogP) is 3.74. The monoisotopic (exact) mass is 303 g/mol. The molecule has 5 heteroatoms. The van der Waals surface area contributed by atoms with Crippen molar-refractivity contribution in [3.8, 4) is 0 Å². The average Bonchev–Trinajstić information content (AvgIpc) is 2.38. The third-order valence-corrected chi connectivity index (χ3v) is 3.22. The molecule has 0 atom stereocenters. The zero-order valence-electron chi connectivity index (χ0n) is 12.7. The highest BCUT2D eigenvalue weighted by Gasteiger charge is 1.95. The highest BCUT2D eigenvalue weighted by Crippen LogP contribution is 2.04. The number of unbranched alkanes of at least 4 members (excludes halogenated alkanes) is 6. The van der Waals surface area contributed by atoms with Crippen LogP contribution in [-0.2, 0) is 9.53 Å². The molecule has 0 aliphatic carbocycles. The summed E-state index contributed by atoms with van der Waals surface area (Å²) in [5.74, 6) is 0.278. The van der Waals surface area contributed by atoms with Gasteiger partial charge in [0.2, 0.25) is 0 Å². The Balaban J connectivity index is 2.99. The predicted molar refractivity (Wildman–Crippen MR) is 85.4 cm³/mol. The summed E-state index contributed by atoms with van der Waals surface area (Å²) in [6, 6.07) is 0. The van der Waals surface area contributed by atoms with Gasteiger partial charge in [0.1, 0.15) is 5.78 Å². The lowest BCUT2D eigenvalue weighted by atomic mass is 10.1. The fourth-order valence-corrected chi connectivity index (χ4v) is 2.02. The number of hydrogen-bond acceptors (Lipinski definition) is 3. The molecule has 0 aliphatic rings. The Hall–Kier alpha value is -0.550. The van der Waals surface area contributed by atoms with Gasteiger partial charge in [0.05, 0.1) is 0 Å².